The fourth-order valence-electron chi connectivity index (χ4n) is 1.68. The van der Waals surface area contributed by atoms with Gasteiger partial charge in [-0.25, -0.2) is 0 Å². The summed E-state index contributed by atoms with van der Waals surface area (Å²) in [7, 11) is -1.06. The van der Waals surface area contributed by atoms with Crippen molar-refractivity contribution in [1.29, 1.82) is 0 Å². The minimum absolute atomic E-state index is 0.116. The number of aliphatic hydroxyl groups excluding tert-OH is 1. The summed E-state index contributed by atoms with van der Waals surface area (Å²) >= 11 is 0. The van der Waals surface area contributed by atoms with Crippen LogP contribution in [0.5, 0.6) is 0 Å². The van der Waals surface area contributed by atoms with Gasteiger partial charge in [-0.1, -0.05) is 70.4 Å². The standard InChI is InChI=1S/C14H30OSi/c1-5-6-7-8-9-11-14(15)12-10-13-16(2,3)4/h10,13-15H,5-9,11-12H2,1-4H3/b13-10-/t14-/m0/s1. The second-order valence-electron chi connectivity index (χ2n) is 5.86. The Bertz CT molecular complexity index is 182. The number of unbranched alkanes of at least 4 members (excludes halogenated alkanes) is 4. The molecule has 96 valence electrons. The predicted molar refractivity (Wildman–Crippen MR) is 76.5 cm³/mol. The average Bonchev–Trinajstić information content (AvgIpc) is 2.15. The molecule has 16 heavy (non-hydrogen) atoms. The van der Waals surface area contributed by atoms with Crippen molar-refractivity contribution in [3.05, 3.63) is 11.8 Å². The molecule has 0 unspecified atom stereocenters. The molecule has 0 aliphatic heterocycles. The molecule has 0 bridgehead atoms. The SMILES string of the molecule is CCCCCCC[C@H](O)C/C=C\[Si](C)(C)C. The second-order valence-corrected chi connectivity index (χ2v) is 10.9. The van der Waals surface area contributed by atoms with Crippen LogP contribution in [0.1, 0.15) is 51.9 Å². The van der Waals surface area contributed by atoms with Gasteiger partial charge in [0.2, 0.25) is 0 Å². The molecule has 1 N–H and O–H groups in total. The Kier molecular flexibility index (Phi) is 8.95. The minimum Gasteiger partial charge on any atom is -0.393 e. The lowest BCUT2D eigenvalue weighted by Crippen LogP contribution is -2.16. The van der Waals surface area contributed by atoms with Crippen LogP contribution in [0.2, 0.25) is 19.6 Å². The van der Waals surface area contributed by atoms with Crippen LogP contribution in [0.25, 0.3) is 0 Å². The Labute approximate surface area is 103 Å². The lowest BCUT2D eigenvalue weighted by molar-refractivity contribution is 0.164. The molecule has 0 aliphatic rings. The molecule has 1 atom stereocenters. The topological polar surface area (TPSA) is 20.2 Å². The van der Waals surface area contributed by atoms with Crippen molar-refractivity contribution in [1.82, 2.24) is 0 Å². The molecule has 0 amide bonds. The lowest BCUT2D eigenvalue weighted by atomic mass is 10.1. The van der Waals surface area contributed by atoms with Gasteiger partial charge in [0, 0.05) is 0 Å². The van der Waals surface area contributed by atoms with Gasteiger partial charge in [-0.2, -0.15) is 0 Å². The van der Waals surface area contributed by atoms with Crippen LogP contribution in [-0.2, 0) is 0 Å². The van der Waals surface area contributed by atoms with Gasteiger partial charge >= 0.3 is 0 Å². The van der Waals surface area contributed by atoms with Crippen molar-refractivity contribution < 1.29 is 5.11 Å². The van der Waals surface area contributed by atoms with Crippen LogP contribution in [0.4, 0.5) is 0 Å². The van der Waals surface area contributed by atoms with Gasteiger partial charge in [0.15, 0.2) is 0 Å². The van der Waals surface area contributed by atoms with E-state index >= 15 is 0 Å². The molecule has 0 aromatic carbocycles. The van der Waals surface area contributed by atoms with Gasteiger partial charge in [0.05, 0.1) is 14.2 Å². The normalized spacial score (nSPS) is 14.6. The van der Waals surface area contributed by atoms with E-state index in [1.165, 1.54) is 32.1 Å². The second kappa shape index (κ2) is 9.00. The fraction of sp³-hybridized carbons (Fsp3) is 0.857. The summed E-state index contributed by atoms with van der Waals surface area (Å²) in [4.78, 5) is 0. The summed E-state index contributed by atoms with van der Waals surface area (Å²) in [5, 5.41) is 9.77. The third-order valence-electron chi connectivity index (χ3n) is 2.67. The van der Waals surface area contributed by atoms with E-state index in [4.69, 9.17) is 0 Å². The highest BCUT2D eigenvalue weighted by atomic mass is 28.3. The largest absolute Gasteiger partial charge is 0.393 e. The first kappa shape index (κ1) is 15.9. The van der Waals surface area contributed by atoms with Gasteiger partial charge in [-0.3, -0.25) is 0 Å². The van der Waals surface area contributed by atoms with Crippen LogP contribution in [0.15, 0.2) is 11.8 Å². The van der Waals surface area contributed by atoms with Crippen molar-refractivity contribution in [3.8, 4) is 0 Å². The number of aliphatic hydroxyl groups is 1. The van der Waals surface area contributed by atoms with Crippen molar-refractivity contribution in [2.75, 3.05) is 0 Å². The zero-order valence-corrected chi connectivity index (χ0v) is 12.6. The Hall–Kier alpha value is -0.0831. The van der Waals surface area contributed by atoms with Gasteiger partial charge in [-0.05, 0) is 12.8 Å². The first-order valence-corrected chi connectivity index (χ1v) is 10.4. The van der Waals surface area contributed by atoms with E-state index in [0.717, 1.165) is 12.8 Å². The third kappa shape index (κ3) is 12.0. The summed E-state index contributed by atoms with van der Waals surface area (Å²) in [6.07, 6.45) is 10.3. The zero-order chi connectivity index (χ0) is 12.4. The highest BCUT2D eigenvalue weighted by molar-refractivity contribution is 6.80. The van der Waals surface area contributed by atoms with Crippen molar-refractivity contribution in [2.45, 2.75) is 77.6 Å². The maximum absolute atomic E-state index is 9.77. The number of hydrogen-bond acceptors (Lipinski definition) is 1. The smallest absolute Gasteiger partial charge is 0.0682 e. The molecule has 0 spiro atoms. The van der Waals surface area contributed by atoms with Gasteiger partial charge in [0.1, 0.15) is 0 Å². The third-order valence-corrected chi connectivity index (χ3v) is 3.90. The number of rotatable bonds is 9. The molecule has 0 heterocycles. The molecule has 0 fully saturated rings. The molecule has 0 rings (SSSR count). The van der Waals surface area contributed by atoms with Crippen molar-refractivity contribution in [2.24, 2.45) is 0 Å². The van der Waals surface area contributed by atoms with Gasteiger partial charge < -0.3 is 5.11 Å². The first-order valence-electron chi connectivity index (χ1n) is 6.81. The van der Waals surface area contributed by atoms with E-state index < -0.39 is 8.07 Å². The molecular weight excluding hydrogens is 212 g/mol. The molecule has 1 nitrogen and oxygen atoms in total. The molecule has 2 heteroatoms. The highest BCUT2D eigenvalue weighted by Gasteiger charge is 2.07. The summed E-state index contributed by atoms with van der Waals surface area (Å²) in [5.41, 5.74) is 2.33. The lowest BCUT2D eigenvalue weighted by Gasteiger charge is -2.10. The first-order chi connectivity index (χ1) is 7.45. The Balaban J connectivity index is 3.45. The van der Waals surface area contributed by atoms with Crippen LogP contribution in [-0.4, -0.2) is 19.3 Å². The quantitative estimate of drug-likeness (QED) is 0.465. The van der Waals surface area contributed by atoms with Crippen LogP contribution in [0, 0.1) is 0 Å². The molecule has 0 radical (unpaired) electrons. The monoisotopic (exact) mass is 242 g/mol. The molecule has 0 saturated heterocycles. The Morgan fingerprint density at radius 1 is 1.06 bits per heavy atom. The van der Waals surface area contributed by atoms with Crippen LogP contribution in [0.3, 0.4) is 0 Å². The zero-order valence-electron chi connectivity index (χ0n) is 11.6. The van der Waals surface area contributed by atoms with Crippen molar-refractivity contribution >= 4 is 8.07 Å². The maximum atomic E-state index is 9.77. The molecule has 0 aliphatic carbocycles. The molecular formula is C14H30OSi. The van der Waals surface area contributed by atoms with E-state index in [1.54, 1.807) is 0 Å². The maximum Gasteiger partial charge on any atom is 0.0682 e. The fourth-order valence-corrected chi connectivity index (χ4v) is 2.52. The van der Waals surface area contributed by atoms with E-state index in [1.807, 2.05) is 0 Å². The summed E-state index contributed by atoms with van der Waals surface area (Å²) in [6.45, 7) is 9.19. The average molecular weight is 242 g/mol. The minimum atomic E-state index is -1.06. The van der Waals surface area contributed by atoms with Crippen LogP contribution >= 0.6 is 0 Å². The van der Waals surface area contributed by atoms with E-state index in [9.17, 15) is 5.11 Å². The van der Waals surface area contributed by atoms with E-state index in [-0.39, 0.29) is 6.10 Å². The number of hydrogen-bond donors (Lipinski definition) is 1. The van der Waals surface area contributed by atoms with E-state index in [0.29, 0.717) is 0 Å². The Morgan fingerprint density at radius 3 is 2.25 bits per heavy atom. The van der Waals surface area contributed by atoms with Gasteiger partial charge in [0.25, 0.3) is 0 Å². The summed E-state index contributed by atoms with van der Waals surface area (Å²) in [6, 6.07) is 0. The molecule has 0 aromatic heterocycles. The Morgan fingerprint density at radius 2 is 1.69 bits per heavy atom. The predicted octanol–water partition coefficient (Wildman–Crippen LogP) is 4.53. The molecule has 0 aromatic rings. The van der Waals surface area contributed by atoms with Crippen molar-refractivity contribution in [3.63, 3.8) is 0 Å². The van der Waals surface area contributed by atoms with Crippen LogP contribution < -0.4 is 0 Å². The van der Waals surface area contributed by atoms with E-state index in [2.05, 4.69) is 38.3 Å². The van der Waals surface area contributed by atoms with Gasteiger partial charge in [-0.15, -0.1) is 0 Å². The highest BCUT2D eigenvalue weighted by Crippen LogP contribution is 2.10. The summed E-state index contributed by atoms with van der Waals surface area (Å²) < 4.78 is 0. The molecule has 0 saturated carbocycles. The summed E-state index contributed by atoms with van der Waals surface area (Å²) in [5.74, 6) is 0.